The molecule has 5 heteroatoms. The molecule has 1 saturated heterocycles. The van der Waals surface area contributed by atoms with Crippen LogP contribution in [0.5, 0.6) is 0 Å². The Morgan fingerprint density at radius 3 is 3.00 bits per heavy atom. The van der Waals surface area contributed by atoms with Crippen LogP contribution >= 0.6 is 0 Å². The molecule has 3 aliphatic rings. The summed E-state index contributed by atoms with van der Waals surface area (Å²) in [5.74, 6) is -1.23. The van der Waals surface area contributed by atoms with Crippen LogP contribution in [0.15, 0.2) is 28.0 Å². The van der Waals surface area contributed by atoms with E-state index in [1.807, 2.05) is 0 Å². The average molecular weight is 246 g/mol. The van der Waals surface area contributed by atoms with Crippen molar-refractivity contribution in [2.75, 3.05) is 13.1 Å². The number of fused-ring (bicyclic) bond motifs is 2. The molecule has 0 aromatic carbocycles. The van der Waals surface area contributed by atoms with Gasteiger partial charge in [-0.1, -0.05) is 0 Å². The van der Waals surface area contributed by atoms with E-state index in [0.29, 0.717) is 24.4 Å². The quantitative estimate of drug-likeness (QED) is 0.642. The van der Waals surface area contributed by atoms with Gasteiger partial charge in [-0.15, -0.1) is 0 Å². The lowest BCUT2D eigenvalue weighted by molar-refractivity contribution is -0.127. The number of ketones is 1. The highest BCUT2D eigenvalue weighted by atomic mass is 16.3. The zero-order valence-electron chi connectivity index (χ0n) is 10.1. The summed E-state index contributed by atoms with van der Waals surface area (Å²) in [6, 6.07) is 0.110. The first kappa shape index (κ1) is 11.2. The highest BCUT2D eigenvalue weighted by molar-refractivity contribution is 6.35. The van der Waals surface area contributed by atoms with Crippen LogP contribution in [0.1, 0.15) is 19.8 Å². The summed E-state index contributed by atoms with van der Waals surface area (Å²) < 4.78 is 0. The maximum atomic E-state index is 12.4. The van der Waals surface area contributed by atoms with Crippen LogP contribution in [0, 0.1) is 0 Å². The number of carbonyl (C=O) groups excluding carboxylic acids is 2. The first-order valence-electron chi connectivity index (χ1n) is 6.11. The van der Waals surface area contributed by atoms with Gasteiger partial charge >= 0.3 is 0 Å². The van der Waals surface area contributed by atoms with Crippen LogP contribution in [0.3, 0.4) is 0 Å². The van der Waals surface area contributed by atoms with Crippen molar-refractivity contribution in [3.05, 3.63) is 23.0 Å². The summed E-state index contributed by atoms with van der Waals surface area (Å²) in [5, 5.41) is 9.86. The second-order valence-corrected chi connectivity index (χ2v) is 4.90. The zero-order chi connectivity index (χ0) is 12.9. The summed E-state index contributed by atoms with van der Waals surface area (Å²) in [5.41, 5.74) is 1.22. The number of aliphatic hydroxyl groups excluding tert-OH is 1. The molecule has 2 heterocycles. The second kappa shape index (κ2) is 3.80. The van der Waals surface area contributed by atoms with Crippen molar-refractivity contribution in [3.8, 4) is 0 Å². The second-order valence-electron chi connectivity index (χ2n) is 4.90. The third-order valence-corrected chi connectivity index (χ3v) is 3.74. The molecular formula is C13H14N2O3. The van der Waals surface area contributed by atoms with Crippen molar-refractivity contribution >= 4 is 17.4 Å². The fourth-order valence-corrected chi connectivity index (χ4v) is 2.81. The van der Waals surface area contributed by atoms with Gasteiger partial charge in [0.1, 0.15) is 5.57 Å². The predicted molar refractivity (Wildman–Crippen MR) is 65.5 cm³/mol. The van der Waals surface area contributed by atoms with Gasteiger partial charge in [-0.3, -0.25) is 14.6 Å². The summed E-state index contributed by atoms with van der Waals surface area (Å²) in [4.78, 5) is 30.2. The molecule has 1 N–H and O–H groups in total. The monoisotopic (exact) mass is 246 g/mol. The standard InChI is InChI=1S/C13H14N2O3/c1-7-5-9(16)12(17)10-11(7)14-6-8-3-2-4-15(8)13(10)18/h5,8,17H,2-4,6H2,1H3. The van der Waals surface area contributed by atoms with E-state index in [-0.39, 0.29) is 17.5 Å². The number of allylic oxidation sites excluding steroid dienone is 2. The summed E-state index contributed by atoms with van der Waals surface area (Å²) in [6.07, 6.45) is 3.23. The Kier molecular flexibility index (Phi) is 2.36. The van der Waals surface area contributed by atoms with Gasteiger partial charge in [0.15, 0.2) is 5.76 Å². The molecule has 0 saturated carbocycles. The normalized spacial score (nSPS) is 27.6. The van der Waals surface area contributed by atoms with E-state index in [1.54, 1.807) is 11.8 Å². The Bertz CT molecular complexity index is 542. The highest BCUT2D eigenvalue weighted by Gasteiger charge is 2.39. The maximum Gasteiger partial charge on any atom is 0.260 e. The Morgan fingerprint density at radius 1 is 1.44 bits per heavy atom. The highest BCUT2D eigenvalue weighted by Crippen LogP contribution is 2.28. The topological polar surface area (TPSA) is 70.0 Å². The molecule has 1 unspecified atom stereocenters. The molecule has 3 rings (SSSR count). The minimum Gasteiger partial charge on any atom is -0.504 e. The largest absolute Gasteiger partial charge is 0.504 e. The Morgan fingerprint density at radius 2 is 2.22 bits per heavy atom. The van der Waals surface area contributed by atoms with E-state index in [0.717, 1.165) is 12.8 Å². The number of amides is 1. The first-order valence-corrected chi connectivity index (χ1v) is 6.11. The molecule has 0 aromatic rings. The van der Waals surface area contributed by atoms with Gasteiger partial charge in [0, 0.05) is 6.54 Å². The third kappa shape index (κ3) is 1.43. The van der Waals surface area contributed by atoms with Crippen LogP contribution in [0.25, 0.3) is 0 Å². The molecule has 0 radical (unpaired) electrons. The molecular weight excluding hydrogens is 232 g/mol. The van der Waals surface area contributed by atoms with E-state index in [4.69, 9.17) is 0 Å². The van der Waals surface area contributed by atoms with Crippen molar-refractivity contribution < 1.29 is 14.7 Å². The zero-order valence-corrected chi connectivity index (χ0v) is 10.1. The Balaban J connectivity index is 2.14. The van der Waals surface area contributed by atoms with E-state index in [2.05, 4.69) is 4.99 Å². The van der Waals surface area contributed by atoms with Crippen molar-refractivity contribution in [1.82, 2.24) is 4.90 Å². The number of rotatable bonds is 0. The summed E-state index contributed by atoms with van der Waals surface area (Å²) >= 11 is 0. The molecule has 2 aliphatic heterocycles. The fraction of sp³-hybridized carbons (Fsp3) is 0.462. The number of hydrogen-bond donors (Lipinski definition) is 1. The van der Waals surface area contributed by atoms with Gasteiger partial charge in [-0.05, 0) is 31.4 Å². The van der Waals surface area contributed by atoms with Crippen molar-refractivity contribution in [2.45, 2.75) is 25.8 Å². The van der Waals surface area contributed by atoms with Crippen LogP contribution in [-0.4, -0.2) is 46.5 Å². The molecule has 94 valence electrons. The van der Waals surface area contributed by atoms with E-state index < -0.39 is 11.5 Å². The Hall–Kier alpha value is -1.91. The molecule has 1 fully saturated rings. The lowest BCUT2D eigenvalue weighted by Gasteiger charge is -2.22. The lowest BCUT2D eigenvalue weighted by atomic mass is 9.93. The minimum absolute atomic E-state index is 0.0874. The van der Waals surface area contributed by atoms with Gasteiger partial charge in [-0.2, -0.15) is 0 Å². The van der Waals surface area contributed by atoms with E-state index >= 15 is 0 Å². The molecule has 1 aliphatic carbocycles. The van der Waals surface area contributed by atoms with Crippen LogP contribution < -0.4 is 0 Å². The van der Waals surface area contributed by atoms with Gasteiger partial charge in [0.05, 0.1) is 18.3 Å². The summed E-state index contributed by atoms with van der Waals surface area (Å²) in [7, 11) is 0. The molecule has 1 atom stereocenters. The Labute approximate surface area is 104 Å². The number of nitrogens with zero attached hydrogens (tertiary/aromatic N) is 2. The van der Waals surface area contributed by atoms with Gasteiger partial charge in [-0.25, -0.2) is 0 Å². The summed E-state index contributed by atoms with van der Waals surface area (Å²) in [6.45, 7) is 2.98. The van der Waals surface area contributed by atoms with Gasteiger partial charge in [0.25, 0.3) is 5.91 Å². The minimum atomic E-state index is -0.507. The number of aliphatic imine (C=N–C) groups is 1. The van der Waals surface area contributed by atoms with Crippen molar-refractivity contribution in [1.29, 1.82) is 0 Å². The SMILES string of the molecule is CC1=CC(=O)C(O)=C2C(=O)N3CCCC3CN=C12. The predicted octanol–water partition coefficient (Wildman–Crippen LogP) is 0.773. The van der Waals surface area contributed by atoms with Gasteiger partial charge in [0.2, 0.25) is 5.78 Å². The number of aliphatic hydroxyl groups is 1. The molecule has 5 nitrogen and oxygen atoms in total. The fourth-order valence-electron chi connectivity index (χ4n) is 2.81. The van der Waals surface area contributed by atoms with Crippen molar-refractivity contribution in [2.24, 2.45) is 4.99 Å². The number of carbonyl (C=O) groups is 2. The molecule has 1 amide bonds. The van der Waals surface area contributed by atoms with Crippen molar-refractivity contribution in [3.63, 3.8) is 0 Å². The average Bonchev–Trinajstić information content (AvgIpc) is 2.74. The molecule has 18 heavy (non-hydrogen) atoms. The van der Waals surface area contributed by atoms with Gasteiger partial charge < -0.3 is 10.0 Å². The molecule has 0 bridgehead atoms. The van der Waals surface area contributed by atoms with E-state index in [1.165, 1.54) is 6.08 Å². The third-order valence-electron chi connectivity index (χ3n) is 3.74. The molecule has 0 spiro atoms. The first-order chi connectivity index (χ1) is 8.59. The van der Waals surface area contributed by atoms with Crippen LogP contribution in [0.4, 0.5) is 0 Å². The van der Waals surface area contributed by atoms with Crippen LogP contribution in [0.2, 0.25) is 0 Å². The van der Waals surface area contributed by atoms with Crippen LogP contribution in [-0.2, 0) is 9.59 Å². The number of hydrogen-bond acceptors (Lipinski definition) is 4. The molecule has 0 aromatic heterocycles. The van der Waals surface area contributed by atoms with E-state index in [9.17, 15) is 14.7 Å². The maximum absolute atomic E-state index is 12.4. The lowest BCUT2D eigenvalue weighted by Crippen LogP contribution is -2.38. The smallest absolute Gasteiger partial charge is 0.260 e.